The van der Waals surface area contributed by atoms with E-state index in [2.05, 4.69) is 17.1 Å². The fraction of sp³-hybridized carbons (Fsp3) is 0.769. The Morgan fingerprint density at radius 3 is 3.10 bits per heavy atom. The molecule has 1 atom stereocenters. The third kappa shape index (κ3) is 4.71. The minimum absolute atomic E-state index is 0.195. The number of carbonyl (C=O) groups excluding carboxylic acids is 1. The van der Waals surface area contributed by atoms with Gasteiger partial charge in [0.25, 0.3) is 0 Å². The lowest BCUT2D eigenvalue weighted by atomic mass is 10.1. The summed E-state index contributed by atoms with van der Waals surface area (Å²) in [5.41, 5.74) is 0. The molecule has 1 amide bonds. The molecule has 7 heteroatoms. The number of aromatic nitrogens is 2. The topological polar surface area (TPSA) is 55.3 Å². The molecule has 2 rings (SSSR count). The summed E-state index contributed by atoms with van der Waals surface area (Å²) in [5.74, 6) is 1.15. The summed E-state index contributed by atoms with van der Waals surface area (Å²) < 4.78 is 6.44. The largest absolute Gasteiger partial charge is 0.381 e. The van der Waals surface area contributed by atoms with E-state index < -0.39 is 0 Å². The fourth-order valence-corrected chi connectivity index (χ4v) is 3.86. The average Bonchev–Trinajstić information content (AvgIpc) is 3.06. The number of likely N-dealkylation sites (tertiary alicyclic amines) is 1. The first-order valence-corrected chi connectivity index (χ1v) is 8.77. The lowest BCUT2D eigenvalue weighted by Gasteiger charge is -2.16. The molecule has 112 valence electrons. The summed E-state index contributed by atoms with van der Waals surface area (Å²) in [5, 5.41) is 8.91. The van der Waals surface area contributed by atoms with E-state index in [4.69, 9.17) is 4.74 Å². The van der Waals surface area contributed by atoms with E-state index in [0.717, 1.165) is 48.5 Å². The number of aryl methyl sites for hydroxylation is 1. The molecule has 1 fully saturated rings. The minimum atomic E-state index is 0.195. The van der Waals surface area contributed by atoms with Crippen LogP contribution in [0.3, 0.4) is 0 Å². The average molecular weight is 315 g/mol. The molecule has 0 bridgehead atoms. The van der Waals surface area contributed by atoms with Gasteiger partial charge >= 0.3 is 0 Å². The van der Waals surface area contributed by atoms with Crippen molar-refractivity contribution in [2.24, 2.45) is 5.92 Å². The molecule has 0 aliphatic carbocycles. The van der Waals surface area contributed by atoms with Gasteiger partial charge in [-0.2, -0.15) is 0 Å². The van der Waals surface area contributed by atoms with Crippen molar-refractivity contribution >= 4 is 29.0 Å². The van der Waals surface area contributed by atoms with E-state index in [0.29, 0.717) is 11.7 Å². The molecular formula is C13H21N3O2S2. The Morgan fingerprint density at radius 2 is 2.40 bits per heavy atom. The van der Waals surface area contributed by atoms with Crippen molar-refractivity contribution < 1.29 is 9.53 Å². The van der Waals surface area contributed by atoms with Crippen LogP contribution in [-0.4, -0.2) is 53.1 Å². The molecule has 1 aliphatic heterocycles. The van der Waals surface area contributed by atoms with Crippen molar-refractivity contribution in [1.29, 1.82) is 0 Å². The van der Waals surface area contributed by atoms with Crippen molar-refractivity contribution in [3.05, 3.63) is 5.01 Å². The second-order valence-electron chi connectivity index (χ2n) is 4.95. The number of ether oxygens (including phenoxy) is 1. The van der Waals surface area contributed by atoms with Gasteiger partial charge in [0.1, 0.15) is 5.01 Å². The highest BCUT2D eigenvalue weighted by Crippen LogP contribution is 2.23. The van der Waals surface area contributed by atoms with Crippen molar-refractivity contribution in [3.8, 4) is 0 Å². The lowest BCUT2D eigenvalue weighted by Crippen LogP contribution is -2.30. The number of hydrogen-bond acceptors (Lipinski definition) is 6. The Labute approximate surface area is 128 Å². The number of rotatable bonds is 7. The Balaban J connectivity index is 1.68. The summed E-state index contributed by atoms with van der Waals surface area (Å²) in [4.78, 5) is 14.1. The van der Waals surface area contributed by atoms with Gasteiger partial charge in [-0.15, -0.1) is 10.2 Å². The van der Waals surface area contributed by atoms with Crippen LogP contribution >= 0.6 is 23.1 Å². The van der Waals surface area contributed by atoms with Crippen LogP contribution in [0.15, 0.2) is 4.34 Å². The third-order valence-corrected chi connectivity index (χ3v) is 5.12. The van der Waals surface area contributed by atoms with Crippen LogP contribution in [0.2, 0.25) is 0 Å². The quantitative estimate of drug-likeness (QED) is 0.570. The van der Waals surface area contributed by atoms with Crippen LogP contribution in [0.25, 0.3) is 0 Å². The highest BCUT2D eigenvalue weighted by molar-refractivity contribution is 8.01. The van der Waals surface area contributed by atoms with Crippen LogP contribution in [0.1, 0.15) is 24.8 Å². The van der Waals surface area contributed by atoms with Crippen molar-refractivity contribution in [3.63, 3.8) is 0 Å². The molecule has 1 aliphatic rings. The standard InChI is InChI=1S/C13H21N3O2S2/c1-3-6-18-8-11-4-5-16(7-11)12(17)9-19-13-15-14-10(2)20-13/h11H,3-9H2,1-2H3. The zero-order chi connectivity index (χ0) is 14.4. The van der Waals surface area contributed by atoms with E-state index in [1.807, 2.05) is 11.8 Å². The Morgan fingerprint density at radius 1 is 1.55 bits per heavy atom. The summed E-state index contributed by atoms with van der Waals surface area (Å²) >= 11 is 3.02. The van der Waals surface area contributed by atoms with E-state index in [-0.39, 0.29) is 5.91 Å². The molecule has 2 heterocycles. The van der Waals surface area contributed by atoms with Crippen LogP contribution in [0.4, 0.5) is 0 Å². The maximum atomic E-state index is 12.1. The van der Waals surface area contributed by atoms with Gasteiger partial charge in [0.2, 0.25) is 5.91 Å². The Bertz CT molecular complexity index is 439. The summed E-state index contributed by atoms with van der Waals surface area (Å²) in [6.45, 7) is 7.31. The second kappa shape index (κ2) is 7.95. The van der Waals surface area contributed by atoms with Gasteiger partial charge in [0.15, 0.2) is 4.34 Å². The zero-order valence-corrected chi connectivity index (χ0v) is 13.6. The summed E-state index contributed by atoms with van der Waals surface area (Å²) in [6.07, 6.45) is 2.10. The predicted octanol–water partition coefficient (Wildman–Crippen LogP) is 2.21. The third-order valence-electron chi connectivity index (χ3n) is 3.17. The minimum Gasteiger partial charge on any atom is -0.381 e. The summed E-state index contributed by atoms with van der Waals surface area (Å²) in [7, 11) is 0. The van der Waals surface area contributed by atoms with Crippen LogP contribution in [0, 0.1) is 12.8 Å². The maximum Gasteiger partial charge on any atom is 0.233 e. The molecule has 1 aromatic heterocycles. The zero-order valence-electron chi connectivity index (χ0n) is 12.0. The molecule has 0 spiro atoms. The first-order valence-electron chi connectivity index (χ1n) is 6.97. The van der Waals surface area contributed by atoms with Gasteiger partial charge in [0.05, 0.1) is 12.4 Å². The van der Waals surface area contributed by atoms with Gasteiger partial charge in [0, 0.05) is 25.6 Å². The highest BCUT2D eigenvalue weighted by atomic mass is 32.2. The maximum absolute atomic E-state index is 12.1. The molecule has 5 nitrogen and oxygen atoms in total. The molecule has 0 radical (unpaired) electrons. The molecule has 1 saturated heterocycles. The number of amides is 1. The number of hydrogen-bond donors (Lipinski definition) is 0. The SMILES string of the molecule is CCCOCC1CCN(C(=O)CSc2nnc(C)s2)C1. The monoisotopic (exact) mass is 315 g/mol. The number of thioether (sulfide) groups is 1. The van der Waals surface area contributed by atoms with E-state index in [9.17, 15) is 4.79 Å². The van der Waals surface area contributed by atoms with Crippen molar-refractivity contribution in [2.75, 3.05) is 32.1 Å². The Hall–Kier alpha value is -0.660. The number of carbonyl (C=O) groups is 1. The lowest BCUT2D eigenvalue weighted by molar-refractivity contribution is -0.127. The Kier molecular flexibility index (Phi) is 6.25. The first-order chi connectivity index (χ1) is 9.69. The smallest absolute Gasteiger partial charge is 0.233 e. The molecule has 0 aromatic carbocycles. The van der Waals surface area contributed by atoms with Crippen molar-refractivity contribution in [2.45, 2.75) is 31.0 Å². The second-order valence-corrected chi connectivity index (χ2v) is 7.35. The van der Waals surface area contributed by atoms with E-state index in [1.54, 1.807) is 0 Å². The van der Waals surface area contributed by atoms with Crippen LogP contribution in [-0.2, 0) is 9.53 Å². The molecule has 1 unspecified atom stereocenters. The van der Waals surface area contributed by atoms with Gasteiger partial charge in [-0.1, -0.05) is 30.0 Å². The van der Waals surface area contributed by atoms with Crippen molar-refractivity contribution in [1.82, 2.24) is 15.1 Å². The molecular weight excluding hydrogens is 294 g/mol. The van der Waals surface area contributed by atoms with E-state index >= 15 is 0 Å². The van der Waals surface area contributed by atoms with E-state index in [1.165, 1.54) is 23.1 Å². The van der Waals surface area contributed by atoms with Gasteiger partial charge in [-0.3, -0.25) is 4.79 Å². The van der Waals surface area contributed by atoms with Gasteiger partial charge < -0.3 is 9.64 Å². The van der Waals surface area contributed by atoms with Crippen LogP contribution in [0.5, 0.6) is 0 Å². The predicted molar refractivity (Wildman–Crippen MR) is 81.2 cm³/mol. The molecule has 1 aromatic rings. The molecule has 0 N–H and O–H groups in total. The van der Waals surface area contributed by atoms with Gasteiger partial charge in [-0.05, 0) is 19.8 Å². The first kappa shape index (κ1) is 15.7. The molecule has 0 saturated carbocycles. The van der Waals surface area contributed by atoms with Crippen LogP contribution < -0.4 is 0 Å². The fourth-order valence-electron chi connectivity index (χ4n) is 2.14. The highest BCUT2D eigenvalue weighted by Gasteiger charge is 2.26. The normalized spacial score (nSPS) is 18.7. The summed E-state index contributed by atoms with van der Waals surface area (Å²) in [6, 6.07) is 0. The van der Waals surface area contributed by atoms with Gasteiger partial charge in [-0.25, -0.2) is 0 Å². The number of nitrogens with zero attached hydrogens (tertiary/aromatic N) is 3. The molecule has 20 heavy (non-hydrogen) atoms.